The van der Waals surface area contributed by atoms with Crippen molar-refractivity contribution in [2.45, 2.75) is 25.3 Å². The van der Waals surface area contributed by atoms with Crippen molar-refractivity contribution in [2.75, 3.05) is 7.11 Å². The van der Waals surface area contributed by atoms with Crippen molar-refractivity contribution >= 4 is 11.9 Å². The normalized spacial score (nSPS) is 12.3. The highest BCUT2D eigenvalue weighted by Gasteiger charge is 2.14. The SMILES string of the molecule is COC(=O)C(C)c1ccccc1.NC(Cc1ccccc1)C(=O)O. The molecule has 3 N–H and O–H groups in total. The number of methoxy groups -OCH3 is 1. The number of rotatable bonds is 5. The van der Waals surface area contributed by atoms with Crippen LogP contribution in [-0.4, -0.2) is 30.2 Å². The van der Waals surface area contributed by atoms with Gasteiger partial charge in [-0.3, -0.25) is 9.59 Å². The van der Waals surface area contributed by atoms with Crippen LogP contribution in [0.25, 0.3) is 0 Å². The van der Waals surface area contributed by atoms with Gasteiger partial charge in [-0.05, 0) is 24.5 Å². The van der Waals surface area contributed by atoms with Crippen LogP contribution < -0.4 is 5.73 Å². The van der Waals surface area contributed by atoms with Crippen molar-refractivity contribution in [3.8, 4) is 0 Å². The van der Waals surface area contributed by atoms with Gasteiger partial charge >= 0.3 is 11.9 Å². The molecule has 5 heteroatoms. The Morgan fingerprint density at radius 3 is 2.00 bits per heavy atom. The van der Waals surface area contributed by atoms with Crippen LogP contribution in [0.15, 0.2) is 60.7 Å². The zero-order valence-electron chi connectivity index (χ0n) is 13.9. The van der Waals surface area contributed by atoms with Gasteiger partial charge in [-0.15, -0.1) is 0 Å². The molecule has 2 atom stereocenters. The molecule has 0 aliphatic rings. The largest absolute Gasteiger partial charge is 0.480 e. The van der Waals surface area contributed by atoms with Crippen molar-refractivity contribution in [3.05, 3.63) is 71.8 Å². The third-order valence-electron chi connectivity index (χ3n) is 3.47. The average molecular weight is 329 g/mol. The number of benzene rings is 2. The van der Waals surface area contributed by atoms with E-state index in [1.165, 1.54) is 7.11 Å². The number of carboxylic acid groups (broad SMARTS) is 1. The highest BCUT2D eigenvalue weighted by atomic mass is 16.5. The van der Waals surface area contributed by atoms with Crippen molar-refractivity contribution in [1.29, 1.82) is 0 Å². The monoisotopic (exact) mass is 329 g/mol. The quantitative estimate of drug-likeness (QED) is 0.823. The van der Waals surface area contributed by atoms with E-state index < -0.39 is 12.0 Å². The maximum absolute atomic E-state index is 11.1. The maximum atomic E-state index is 11.1. The molecule has 2 unspecified atom stereocenters. The van der Waals surface area contributed by atoms with Gasteiger partial charge in [0.2, 0.25) is 0 Å². The number of hydrogen-bond donors (Lipinski definition) is 2. The Morgan fingerprint density at radius 1 is 1.04 bits per heavy atom. The van der Waals surface area contributed by atoms with E-state index in [-0.39, 0.29) is 11.9 Å². The standard InChI is InChI=1S/C10H12O2.C9H11NO2/c1-8(10(11)12-2)9-6-4-3-5-7-9;10-8(9(11)12)6-7-4-2-1-3-5-7/h3-8H,1-2H3;1-5,8H,6,10H2,(H,11,12). The Balaban J connectivity index is 0.000000240. The molecule has 24 heavy (non-hydrogen) atoms. The van der Waals surface area contributed by atoms with Crippen LogP contribution in [0.2, 0.25) is 0 Å². The molecular formula is C19H23NO4. The summed E-state index contributed by atoms with van der Waals surface area (Å²) in [7, 11) is 1.40. The lowest BCUT2D eigenvalue weighted by molar-refractivity contribution is -0.142. The molecule has 0 aromatic heterocycles. The average Bonchev–Trinajstić information content (AvgIpc) is 2.62. The molecular weight excluding hydrogens is 306 g/mol. The molecule has 0 spiro atoms. The topological polar surface area (TPSA) is 89.6 Å². The molecule has 128 valence electrons. The van der Waals surface area contributed by atoms with Crippen LogP contribution in [0, 0.1) is 0 Å². The summed E-state index contributed by atoms with van der Waals surface area (Å²) >= 11 is 0. The molecule has 0 aliphatic carbocycles. The Morgan fingerprint density at radius 2 is 1.54 bits per heavy atom. The Kier molecular flexibility index (Phi) is 8.22. The number of carboxylic acids is 1. The van der Waals surface area contributed by atoms with Gasteiger partial charge in [0, 0.05) is 0 Å². The fourth-order valence-corrected chi connectivity index (χ4v) is 2.01. The Hall–Kier alpha value is -2.66. The van der Waals surface area contributed by atoms with Gasteiger partial charge < -0.3 is 15.6 Å². The first kappa shape index (κ1) is 19.4. The summed E-state index contributed by atoms with van der Waals surface area (Å²) in [5.74, 6) is -1.32. The summed E-state index contributed by atoms with van der Waals surface area (Å²) in [6.45, 7) is 1.83. The van der Waals surface area contributed by atoms with E-state index in [1.807, 2.05) is 67.6 Å². The number of aliphatic carboxylic acids is 1. The van der Waals surface area contributed by atoms with E-state index in [0.717, 1.165) is 11.1 Å². The Bertz CT molecular complexity index is 628. The van der Waals surface area contributed by atoms with Crippen molar-refractivity contribution in [2.24, 2.45) is 5.73 Å². The molecule has 5 nitrogen and oxygen atoms in total. The third-order valence-corrected chi connectivity index (χ3v) is 3.47. The molecule has 0 heterocycles. The number of nitrogens with two attached hydrogens (primary N) is 1. The summed E-state index contributed by atoms with van der Waals surface area (Å²) in [5.41, 5.74) is 7.29. The van der Waals surface area contributed by atoms with Gasteiger partial charge in [-0.25, -0.2) is 0 Å². The van der Waals surface area contributed by atoms with Crippen LogP contribution in [-0.2, 0) is 20.7 Å². The minimum absolute atomic E-state index is 0.170. The zero-order chi connectivity index (χ0) is 17.9. The highest BCUT2D eigenvalue weighted by molar-refractivity contribution is 5.77. The second-order valence-corrected chi connectivity index (χ2v) is 5.29. The minimum Gasteiger partial charge on any atom is -0.480 e. The summed E-state index contributed by atoms with van der Waals surface area (Å²) in [5, 5.41) is 8.52. The molecule has 2 aromatic carbocycles. The zero-order valence-corrected chi connectivity index (χ0v) is 13.9. The predicted molar refractivity (Wildman–Crippen MR) is 92.6 cm³/mol. The molecule has 0 radical (unpaired) electrons. The van der Waals surface area contributed by atoms with Crippen LogP contribution >= 0.6 is 0 Å². The van der Waals surface area contributed by atoms with E-state index in [2.05, 4.69) is 4.74 Å². The summed E-state index contributed by atoms with van der Waals surface area (Å²) in [6, 6.07) is 18.1. The lowest BCUT2D eigenvalue weighted by Crippen LogP contribution is -2.32. The summed E-state index contributed by atoms with van der Waals surface area (Å²) in [4.78, 5) is 21.5. The van der Waals surface area contributed by atoms with Gasteiger partial charge in [0.1, 0.15) is 6.04 Å². The van der Waals surface area contributed by atoms with E-state index in [4.69, 9.17) is 10.8 Å². The lowest BCUT2D eigenvalue weighted by Gasteiger charge is -2.08. The lowest BCUT2D eigenvalue weighted by atomic mass is 10.0. The maximum Gasteiger partial charge on any atom is 0.320 e. The molecule has 2 aromatic rings. The van der Waals surface area contributed by atoms with Crippen molar-refractivity contribution in [3.63, 3.8) is 0 Å². The molecule has 0 bridgehead atoms. The fraction of sp³-hybridized carbons (Fsp3) is 0.263. The Labute approximate surface area is 142 Å². The molecule has 2 rings (SSSR count). The van der Waals surface area contributed by atoms with Crippen LogP contribution in [0.5, 0.6) is 0 Å². The third kappa shape index (κ3) is 6.62. The van der Waals surface area contributed by atoms with E-state index in [1.54, 1.807) is 0 Å². The molecule has 0 saturated carbocycles. The first-order chi connectivity index (χ1) is 11.5. The van der Waals surface area contributed by atoms with Gasteiger partial charge in [0.05, 0.1) is 13.0 Å². The smallest absolute Gasteiger partial charge is 0.320 e. The minimum atomic E-state index is -0.959. The fourth-order valence-electron chi connectivity index (χ4n) is 2.01. The van der Waals surface area contributed by atoms with Gasteiger partial charge in [0.25, 0.3) is 0 Å². The molecule has 0 aliphatic heterocycles. The summed E-state index contributed by atoms with van der Waals surface area (Å²) < 4.78 is 4.63. The predicted octanol–water partition coefficient (Wildman–Crippen LogP) is 2.60. The first-order valence-electron chi connectivity index (χ1n) is 7.60. The van der Waals surface area contributed by atoms with E-state index >= 15 is 0 Å². The van der Waals surface area contributed by atoms with E-state index in [0.29, 0.717) is 6.42 Å². The van der Waals surface area contributed by atoms with Gasteiger partial charge in [0.15, 0.2) is 0 Å². The second-order valence-electron chi connectivity index (χ2n) is 5.29. The van der Waals surface area contributed by atoms with Gasteiger partial charge in [-0.2, -0.15) is 0 Å². The first-order valence-corrected chi connectivity index (χ1v) is 7.60. The van der Waals surface area contributed by atoms with E-state index in [9.17, 15) is 9.59 Å². The molecule has 0 saturated heterocycles. The number of carbonyl (C=O) groups excluding carboxylic acids is 1. The van der Waals surface area contributed by atoms with Crippen LogP contribution in [0.3, 0.4) is 0 Å². The van der Waals surface area contributed by atoms with Crippen LogP contribution in [0.1, 0.15) is 24.0 Å². The number of hydrogen-bond acceptors (Lipinski definition) is 4. The second kappa shape index (κ2) is 10.2. The highest BCUT2D eigenvalue weighted by Crippen LogP contribution is 2.15. The van der Waals surface area contributed by atoms with Gasteiger partial charge in [-0.1, -0.05) is 60.7 Å². The van der Waals surface area contributed by atoms with Crippen molar-refractivity contribution in [1.82, 2.24) is 0 Å². The summed E-state index contributed by atoms with van der Waals surface area (Å²) in [6.07, 6.45) is 0.385. The molecule has 0 fully saturated rings. The number of carbonyl (C=O) groups is 2. The number of esters is 1. The van der Waals surface area contributed by atoms with Crippen molar-refractivity contribution < 1.29 is 19.4 Å². The van der Waals surface area contributed by atoms with Crippen LogP contribution in [0.4, 0.5) is 0 Å². The molecule has 0 amide bonds. The number of ether oxygens (including phenoxy) is 1.